The molecule has 2 amide bonds. The lowest BCUT2D eigenvalue weighted by atomic mass is 9.57. The highest BCUT2D eigenvalue weighted by atomic mass is 32.2. The maximum atomic E-state index is 12.0. The van der Waals surface area contributed by atoms with E-state index in [1.807, 2.05) is 11.8 Å². The summed E-state index contributed by atoms with van der Waals surface area (Å²) in [5, 5.41) is 8.22. The van der Waals surface area contributed by atoms with E-state index in [1.165, 1.54) is 4.88 Å². The zero-order valence-corrected chi connectivity index (χ0v) is 14.8. The second-order valence-corrected chi connectivity index (χ2v) is 8.71. The van der Waals surface area contributed by atoms with E-state index in [2.05, 4.69) is 42.0 Å². The second kappa shape index (κ2) is 6.81. The third kappa shape index (κ3) is 3.29. The van der Waals surface area contributed by atoms with Crippen molar-refractivity contribution in [2.45, 2.75) is 38.2 Å². The molecule has 1 aliphatic heterocycles. The van der Waals surface area contributed by atoms with Crippen LogP contribution in [0, 0.1) is 11.3 Å². The van der Waals surface area contributed by atoms with Gasteiger partial charge in [0.1, 0.15) is 0 Å². The summed E-state index contributed by atoms with van der Waals surface area (Å²) in [6.07, 6.45) is 1.38. The molecular weight excluding hydrogens is 316 g/mol. The van der Waals surface area contributed by atoms with Crippen LogP contribution in [0.25, 0.3) is 0 Å². The highest BCUT2D eigenvalue weighted by Gasteiger charge is 2.59. The van der Waals surface area contributed by atoms with Crippen LogP contribution in [0.5, 0.6) is 0 Å². The fourth-order valence-electron chi connectivity index (χ4n) is 3.61. The smallest absolute Gasteiger partial charge is 0.315 e. The Kier molecular flexibility index (Phi) is 5.00. The number of urea groups is 1. The molecular formula is C16H24N2O2S2. The van der Waals surface area contributed by atoms with Crippen molar-refractivity contribution < 1.29 is 9.53 Å². The van der Waals surface area contributed by atoms with Crippen LogP contribution in [0.15, 0.2) is 17.5 Å². The molecule has 1 aliphatic carbocycles. The Morgan fingerprint density at radius 1 is 1.55 bits per heavy atom. The molecule has 22 heavy (non-hydrogen) atoms. The van der Waals surface area contributed by atoms with Crippen LogP contribution < -0.4 is 10.6 Å². The number of fused-ring (bicyclic) bond motifs is 1. The summed E-state index contributed by atoms with van der Waals surface area (Å²) in [5.41, 5.74) is 0.0480. The summed E-state index contributed by atoms with van der Waals surface area (Å²) < 4.78 is 5.75. The summed E-state index contributed by atoms with van der Waals surface area (Å²) in [6.45, 7) is 5.90. The Labute approximate surface area is 140 Å². The number of rotatable bonds is 6. The molecule has 2 aliphatic rings. The van der Waals surface area contributed by atoms with Gasteiger partial charge in [-0.1, -0.05) is 19.9 Å². The van der Waals surface area contributed by atoms with Gasteiger partial charge >= 0.3 is 6.03 Å². The molecule has 0 radical (unpaired) electrons. The van der Waals surface area contributed by atoms with Gasteiger partial charge in [-0.15, -0.1) is 11.3 Å². The Hall–Kier alpha value is -0.720. The maximum Gasteiger partial charge on any atom is 0.315 e. The average Bonchev–Trinajstić information content (AvgIpc) is 3.14. The number of nitrogens with one attached hydrogen (secondary N) is 2. The molecule has 1 saturated heterocycles. The van der Waals surface area contributed by atoms with Crippen molar-refractivity contribution in [2.75, 3.05) is 18.9 Å². The summed E-state index contributed by atoms with van der Waals surface area (Å²) in [5.74, 6) is 2.46. The molecule has 0 aromatic carbocycles. The molecule has 2 heterocycles. The van der Waals surface area contributed by atoms with Gasteiger partial charge in [0.05, 0.1) is 6.10 Å². The molecule has 0 bridgehead atoms. The average molecular weight is 341 g/mol. The Morgan fingerprint density at radius 2 is 2.41 bits per heavy atom. The zero-order chi connectivity index (χ0) is 15.6. The molecule has 6 heteroatoms. The van der Waals surface area contributed by atoms with Crippen molar-refractivity contribution in [1.29, 1.82) is 0 Å². The first-order chi connectivity index (χ1) is 10.6. The van der Waals surface area contributed by atoms with Gasteiger partial charge in [-0.3, -0.25) is 0 Å². The SMILES string of the molecule is CC1(C)[C@H](NC(=O)NCCSCc2cccs2)[C@@H]2CCO[C@H]21. The third-order valence-electron chi connectivity index (χ3n) is 4.74. The number of thioether (sulfide) groups is 1. The van der Waals surface area contributed by atoms with Crippen molar-refractivity contribution in [3.8, 4) is 0 Å². The first kappa shape index (κ1) is 16.1. The first-order valence-electron chi connectivity index (χ1n) is 7.85. The van der Waals surface area contributed by atoms with Crippen molar-refractivity contribution in [2.24, 2.45) is 11.3 Å². The van der Waals surface area contributed by atoms with E-state index < -0.39 is 0 Å². The van der Waals surface area contributed by atoms with Crippen molar-refractivity contribution in [1.82, 2.24) is 10.6 Å². The van der Waals surface area contributed by atoms with Gasteiger partial charge in [0, 0.05) is 46.9 Å². The number of hydrogen-bond acceptors (Lipinski definition) is 4. The zero-order valence-electron chi connectivity index (χ0n) is 13.1. The lowest BCUT2D eigenvalue weighted by Crippen LogP contribution is -2.67. The molecule has 1 saturated carbocycles. The number of amides is 2. The molecule has 0 spiro atoms. The first-order valence-corrected chi connectivity index (χ1v) is 9.88. The van der Waals surface area contributed by atoms with E-state index in [-0.39, 0.29) is 17.5 Å². The minimum Gasteiger partial charge on any atom is -0.377 e. The van der Waals surface area contributed by atoms with Gasteiger partial charge in [-0.2, -0.15) is 11.8 Å². The van der Waals surface area contributed by atoms with Crippen molar-refractivity contribution in [3.05, 3.63) is 22.4 Å². The van der Waals surface area contributed by atoms with Gasteiger partial charge in [0.25, 0.3) is 0 Å². The van der Waals surface area contributed by atoms with E-state index >= 15 is 0 Å². The fraction of sp³-hybridized carbons (Fsp3) is 0.688. The highest BCUT2D eigenvalue weighted by Crippen LogP contribution is 2.51. The van der Waals surface area contributed by atoms with Gasteiger partial charge < -0.3 is 15.4 Å². The summed E-state index contributed by atoms with van der Waals surface area (Å²) in [6, 6.07) is 4.42. The number of thiophene rings is 1. The second-order valence-electron chi connectivity index (χ2n) is 6.58. The molecule has 122 valence electrons. The fourth-order valence-corrected chi connectivity index (χ4v) is 5.31. The van der Waals surface area contributed by atoms with E-state index in [1.54, 1.807) is 11.3 Å². The summed E-state index contributed by atoms with van der Waals surface area (Å²) >= 11 is 3.64. The van der Waals surface area contributed by atoms with Crippen LogP contribution >= 0.6 is 23.1 Å². The number of ether oxygens (including phenoxy) is 1. The maximum absolute atomic E-state index is 12.0. The summed E-state index contributed by atoms with van der Waals surface area (Å²) in [7, 11) is 0. The Bertz CT molecular complexity index is 504. The number of carbonyl (C=O) groups is 1. The molecule has 0 unspecified atom stereocenters. The lowest BCUT2D eigenvalue weighted by molar-refractivity contribution is -0.108. The molecule has 1 aromatic rings. The quantitative estimate of drug-likeness (QED) is 0.783. The minimum absolute atomic E-state index is 0.0415. The highest BCUT2D eigenvalue weighted by molar-refractivity contribution is 7.98. The van der Waals surface area contributed by atoms with Gasteiger partial charge in [-0.25, -0.2) is 4.79 Å². The van der Waals surface area contributed by atoms with Crippen LogP contribution in [0.4, 0.5) is 4.79 Å². The lowest BCUT2D eigenvalue weighted by Gasteiger charge is -2.54. The van der Waals surface area contributed by atoms with Gasteiger partial charge in [-0.05, 0) is 17.9 Å². The van der Waals surface area contributed by atoms with E-state index in [9.17, 15) is 4.79 Å². The third-order valence-corrected chi connectivity index (χ3v) is 6.81. The van der Waals surface area contributed by atoms with E-state index in [0.717, 1.165) is 24.5 Å². The number of carbonyl (C=O) groups excluding carboxylic acids is 1. The van der Waals surface area contributed by atoms with E-state index in [0.29, 0.717) is 18.6 Å². The van der Waals surface area contributed by atoms with E-state index in [4.69, 9.17) is 4.74 Å². The molecule has 3 rings (SSSR count). The van der Waals surface area contributed by atoms with Crippen LogP contribution in [0.2, 0.25) is 0 Å². The summed E-state index contributed by atoms with van der Waals surface area (Å²) in [4.78, 5) is 13.4. The monoisotopic (exact) mass is 340 g/mol. The standard InChI is InChI=1S/C16H24N2O2S2/c1-16(2)13(12-5-7-20-14(12)16)18-15(19)17-6-9-21-10-11-4-3-8-22-11/h3-4,8,12-14H,5-7,9-10H2,1-2H3,(H2,17,18,19)/t12-,13+,14+/m0/s1. The molecule has 4 nitrogen and oxygen atoms in total. The van der Waals surface area contributed by atoms with Gasteiger partial charge in [0.15, 0.2) is 0 Å². The van der Waals surface area contributed by atoms with Gasteiger partial charge in [0.2, 0.25) is 0 Å². The largest absolute Gasteiger partial charge is 0.377 e. The van der Waals surface area contributed by atoms with Crippen LogP contribution in [-0.4, -0.2) is 37.1 Å². The van der Waals surface area contributed by atoms with Crippen LogP contribution in [0.1, 0.15) is 25.1 Å². The number of hydrogen-bond donors (Lipinski definition) is 2. The normalized spacial score (nSPS) is 28.7. The predicted octanol–water partition coefficient (Wildman–Crippen LogP) is 3.09. The van der Waals surface area contributed by atoms with Crippen molar-refractivity contribution in [3.63, 3.8) is 0 Å². The van der Waals surface area contributed by atoms with Crippen molar-refractivity contribution >= 4 is 29.1 Å². The Morgan fingerprint density at radius 3 is 3.18 bits per heavy atom. The minimum atomic E-state index is -0.0415. The molecule has 3 atom stereocenters. The predicted molar refractivity (Wildman–Crippen MR) is 92.4 cm³/mol. The molecule has 2 fully saturated rings. The molecule has 2 N–H and O–H groups in total. The molecule has 1 aromatic heterocycles. The van der Waals surface area contributed by atoms with Crippen LogP contribution in [-0.2, 0) is 10.5 Å². The Balaban J connectivity index is 1.33. The van der Waals surface area contributed by atoms with Crippen LogP contribution in [0.3, 0.4) is 0 Å². The topological polar surface area (TPSA) is 50.4 Å².